The number of hydrogen-bond acceptors (Lipinski definition) is 4. The second-order valence-electron chi connectivity index (χ2n) is 3.24. The third-order valence-electron chi connectivity index (χ3n) is 2.23. The molecule has 0 saturated heterocycles. The number of carbonyl (C=O) groups is 1. The molecule has 0 atom stereocenters. The molecule has 16 heavy (non-hydrogen) atoms. The standard InChI is InChI=1S/C10H11N3O2S/c1-3-16-8-6-5-12-13(2)9(6)11-4-7(8)10(14)15/h4-5H,3H2,1-2H3,(H,14,15). The van der Waals surface area contributed by atoms with Gasteiger partial charge in [-0.2, -0.15) is 5.10 Å². The van der Waals surface area contributed by atoms with Crippen molar-refractivity contribution in [3.8, 4) is 0 Å². The number of hydrogen-bond donors (Lipinski definition) is 1. The maximum absolute atomic E-state index is 11.1. The van der Waals surface area contributed by atoms with E-state index in [1.807, 2.05) is 6.92 Å². The summed E-state index contributed by atoms with van der Waals surface area (Å²) < 4.78 is 1.64. The van der Waals surface area contributed by atoms with Gasteiger partial charge in [-0.1, -0.05) is 6.92 Å². The highest BCUT2D eigenvalue weighted by molar-refractivity contribution is 7.99. The van der Waals surface area contributed by atoms with E-state index in [0.717, 1.165) is 16.0 Å². The van der Waals surface area contributed by atoms with Gasteiger partial charge in [0, 0.05) is 18.1 Å². The summed E-state index contributed by atoms with van der Waals surface area (Å²) in [5, 5.41) is 14.0. The molecule has 0 unspecified atom stereocenters. The molecule has 6 heteroatoms. The minimum atomic E-state index is -0.950. The molecule has 0 amide bonds. The molecule has 1 N–H and O–H groups in total. The van der Waals surface area contributed by atoms with E-state index in [2.05, 4.69) is 10.1 Å². The maximum Gasteiger partial charge on any atom is 0.338 e. The van der Waals surface area contributed by atoms with Gasteiger partial charge in [-0.25, -0.2) is 9.78 Å². The van der Waals surface area contributed by atoms with Crippen LogP contribution in [0.3, 0.4) is 0 Å². The molecular formula is C10H11N3O2S. The number of thioether (sulfide) groups is 1. The van der Waals surface area contributed by atoms with Gasteiger partial charge in [-0.3, -0.25) is 4.68 Å². The highest BCUT2D eigenvalue weighted by atomic mass is 32.2. The molecule has 2 rings (SSSR count). The lowest BCUT2D eigenvalue weighted by molar-refractivity contribution is 0.0693. The van der Waals surface area contributed by atoms with Gasteiger partial charge in [0.1, 0.15) is 0 Å². The van der Waals surface area contributed by atoms with Crippen molar-refractivity contribution in [2.24, 2.45) is 7.05 Å². The van der Waals surface area contributed by atoms with E-state index in [1.165, 1.54) is 18.0 Å². The average molecular weight is 237 g/mol. The lowest BCUT2D eigenvalue weighted by atomic mass is 10.2. The van der Waals surface area contributed by atoms with Gasteiger partial charge in [0.15, 0.2) is 5.65 Å². The van der Waals surface area contributed by atoms with Crippen LogP contribution in [0.5, 0.6) is 0 Å². The van der Waals surface area contributed by atoms with Crippen LogP contribution in [0.1, 0.15) is 17.3 Å². The van der Waals surface area contributed by atoms with Crippen LogP contribution in [0.25, 0.3) is 11.0 Å². The zero-order valence-electron chi connectivity index (χ0n) is 8.97. The van der Waals surface area contributed by atoms with E-state index in [9.17, 15) is 4.79 Å². The second kappa shape index (κ2) is 4.13. The molecule has 0 fully saturated rings. The molecule has 0 aliphatic rings. The maximum atomic E-state index is 11.1. The van der Waals surface area contributed by atoms with E-state index in [4.69, 9.17) is 5.11 Å². The molecule has 0 radical (unpaired) electrons. The number of carboxylic acid groups (broad SMARTS) is 1. The summed E-state index contributed by atoms with van der Waals surface area (Å²) in [7, 11) is 1.79. The fraction of sp³-hybridized carbons (Fsp3) is 0.300. The summed E-state index contributed by atoms with van der Waals surface area (Å²) in [5.74, 6) is -0.136. The van der Waals surface area contributed by atoms with Crippen molar-refractivity contribution in [2.45, 2.75) is 11.8 Å². The van der Waals surface area contributed by atoms with Crippen LogP contribution in [0.15, 0.2) is 17.3 Å². The van der Waals surface area contributed by atoms with E-state index < -0.39 is 5.97 Å². The summed E-state index contributed by atoms with van der Waals surface area (Å²) in [6, 6.07) is 0. The molecule has 84 valence electrons. The minimum Gasteiger partial charge on any atom is -0.478 e. The normalized spacial score (nSPS) is 10.9. The van der Waals surface area contributed by atoms with E-state index >= 15 is 0 Å². The number of rotatable bonds is 3. The molecule has 0 aromatic carbocycles. The van der Waals surface area contributed by atoms with Crippen LogP contribution in [-0.4, -0.2) is 31.6 Å². The molecule has 0 spiro atoms. The topological polar surface area (TPSA) is 68.0 Å². The van der Waals surface area contributed by atoms with E-state index in [1.54, 1.807) is 17.9 Å². The Morgan fingerprint density at radius 2 is 2.31 bits per heavy atom. The first kappa shape index (κ1) is 10.9. The SMILES string of the molecule is CCSc1c(C(=O)O)cnc2c1cnn2C. The van der Waals surface area contributed by atoms with Crippen molar-refractivity contribution in [1.82, 2.24) is 14.8 Å². The predicted molar refractivity (Wildman–Crippen MR) is 61.9 cm³/mol. The van der Waals surface area contributed by atoms with Crippen LogP contribution in [0.2, 0.25) is 0 Å². The molecule has 2 aromatic rings. The highest BCUT2D eigenvalue weighted by Crippen LogP contribution is 2.29. The summed E-state index contributed by atoms with van der Waals surface area (Å²) >= 11 is 1.50. The quantitative estimate of drug-likeness (QED) is 0.824. The lowest BCUT2D eigenvalue weighted by Gasteiger charge is -2.05. The Morgan fingerprint density at radius 3 is 2.94 bits per heavy atom. The molecule has 0 aliphatic heterocycles. The molecule has 0 bridgehead atoms. The Hall–Kier alpha value is -1.56. The summed E-state index contributed by atoms with van der Waals surface area (Å²) in [6.07, 6.45) is 3.05. The van der Waals surface area contributed by atoms with Crippen LogP contribution >= 0.6 is 11.8 Å². The van der Waals surface area contributed by atoms with Gasteiger partial charge in [0.25, 0.3) is 0 Å². The van der Waals surface area contributed by atoms with Crippen molar-refractivity contribution in [1.29, 1.82) is 0 Å². The number of carboxylic acids is 1. The summed E-state index contributed by atoms with van der Waals surface area (Å²) in [6.45, 7) is 1.99. The lowest BCUT2D eigenvalue weighted by Crippen LogP contribution is -2.01. The highest BCUT2D eigenvalue weighted by Gasteiger charge is 2.16. The zero-order chi connectivity index (χ0) is 11.7. The number of nitrogens with zero attached hydrogens (tertiary/aromatic N) is 3. The third-order valence-corrected chi connectivity index (χ3v) is 3.25. The first-order chi connectivity index (χ1) is 7.65. The van der Waals surface area contributed by atoms with Crippen LogP contribution in [0.4, 0.5) is 0 Å². The second-order valence-corrected chi connectivity index (χ2v) is 4.52. The van der Waals surface area contributed by atoms with Gasteiger partial charge >= 0.3 is 5.97 Å². The van der Waals surface area contributed by atoms with Crippen molar-refractivity contribution in [3.05, 3.63) is 18.0 Å². The number of aromatic nitrogens is 3. The van der Waals surface area contributed by atoms with Crippen molar-refractivity contribution in [2.75, 3.05) is 5.75 Å². The van der Waals surface area contributed by atoms with E-state index in [-0.39, 0.29) is 5.56 Å². The van der Waals surface area contributed by atoms with Crippen LogP contribution in [-0.2, 0) is 7.05 Å². The summed E-state index contributed by atoms with van der Waals surface area (Å²) in [4.78, 5) is 15.9. The predicted octanol–water partition coefficient (Wildman–Crippen LogP) is 1.78. The Balaban J connectivity index is 2.73. The first-order valence-corrected chi connectivity index (χ1v) is 5.80. The van der Waals surface area contributed by atoms with Gasteiger partial charge in [0.2, 0.25) is 0 Å². The van der Waals surface area contributed by atoms with Crippen molar-refractivity contribution < 1.29 is 9.90 Å². The van der Waals surface area contributed by atoms with Crippen molar-refractivity contribution >= 4 is 28.8 Å². The number of aryl methyl sites for hydroxylation is 1. The largest absolute Gasteiger partial charge is 0.478 e. The smallest absolute Gasteiger partial charge is 0.338 e. The van der Waals surface area contributed by atoms with Gasteiger partial charge in [-0.15, -0.1) is 11.8 Å². The molecular weight excluding hydrogens is 226 g/mol. The van der Waals surface area contributed by atoms with Crippen LogP contribution in [0, 0.1) is 0 Å². The molecule has 0 saturated carbocycles. The Morgan fingerprint density at radius 1 is 1.56 bits per heavy atom. The van der Waals surface area contributed by atoms with Gasteiger partial charge in [0.05, 0.1) is 17.1 Å². The van der Waals surface area contributed by atoms with Gasteiger partial charge < -0.3 is 5.11 Å². The first-order valence-electron chi connectivity index (χ1n) is 4.82. The number of pyridine rings is 1. The summed E-state index contributed by atoms with van der Waals surface area (Å²) in [5.41, 5.74) is 0.952. The Kier molecular flexibility index (Phi) is 2.82. The third kappa shape index (κ3) is 1.65. The van der Waals surface area contributed by atoms with Crippen LogP contribution < -0.4 is 0 Å². The fourth-order valence-corrected chi connectivity index (χ4v) is 2.41. The van der Waals surface area contributed by atoms with Crippen molar-refractivity contribution in [3.63, 3.8) is 0 Å². The minimum absolute atomic E-state index is 0.243. The number of aromatic carboxylic acids is 1. The molecule has 2 aromatic heterocycles. The molecule has 0 aliphatic carbocycles. The van der Waals surface area contributed by atoms with E-state index in [0.29, 0.717) is 5.65 Å². The fourth-order valence-electron chi connectivity index (χ4n) is 1.53. The molecule has 5 nitrogen and oxygen atoms in total. The van der Waals surface area contributed by atoms with Gasteiger partial charge in [-0.05, 0) is 5.75 Å². The zero-order valence-corrected chi connectivity index (χ0v) is 9.78. The number of fused-ring (bicyclic) bond motifs is 1. The Labute approximate surface area is 96.5 Å². The Bertz CT molecular complexity index is 550. The molecule has 2 heterocycles. The average Bonchev–Trinajstić information content (AvgIpc) is 2.61. The monoisotopic (exact) mass is 237 g/mol.